The number of nitrogens with zero attached hydrogens (tertiary/aromatic N) is 3. The van der Waals surface area contributed by atoms with Gasteiger partial charge in [-0.1, -0.05) is 17.7 Å². The van der Waals surface area contributed by atoms with Crippen molar-refractivity contribution in [1.29, 1.82) is 0 Å². The van der Waals surface area contributed by atoms with Gasteiger partial charge in [0.25, 0.3) is 5.56 Å². The maximum absolute atomic E-state index is 12.9. The quantitative estimate of drug-likeness (QED) is 0.784. The van der Waals surface area contributed by atoms with Gasteiger partial charge in [0.05, 0.1) is 36.9 Å². The molecular formula is C19H26N4O4S. The number of aromatic amines is 1. The lowest BCUT2D eigenvalue weighted by molar-refractivity contribution is 0.0358. The van der Waals surface area contributed by atoms with E-state index in [0.29, 0.717) is 30.8 Å². The van der Waals surface area contributed by atoms with Crippen LogP contribution < -0.4 is 5.56 Å². The fraction of sp³-hybridized carbons (Fsp3) is 0.526. The molecule has 3 heterocycles. The lowest BCUT2D eigenvalue weighted by atomic mass is 10.1. The van der Waals surface area contributed by atoms with Gasteiger partial charge in [-0.3, -0.25) is 19.5 Å². The van der Waals surface area contributed by atoms with Crippen LogP contribution in [0.4, 0.5) is 0 Å². The Morgan fingerprint density at radius 1 is 1.07 bits per heavy atom. The zero-order valence-corrected chi connectivity index (χ0v) is 16.9. The molecule has 1 N–H and O–H groups in total. The lowest BCUT2D eigenvalue weighted by Crippen LogP contribution is -2.39. The number of hydrogen-bond donors (Lipinski definition) is 1. The molecule has 0 atom stereocenters. The molecule has 8 nitrogen and oxygen atoms in total. The van der Waals surface area contributed by atoms with E-state index in [9.17, 15) is 13.2 Å². The van der Waals surface area contributed by atoms with E-state index in [0.717, 1.165) is 38.4 Å². The summed E-state index contributed by atoms with van der Waals surface area (Å²) < 4.78 is 34.3. The van der Waals surface area contributed by atoms with E-state index >= 15 is 0 Å². The van der Waals surface area contributed by atoms with E-state index in [4.69, 9.17) is 4.74 Å². The molecule has 0 unspecified atom stereocenters. The predicted octanol–water partition coefficient (Wildman–Crippen LogP) is 0.564. The van der Waals surface area contributed by atoms with Crippen molar-refractivity contribution in [2.75, 3.05) is 39.4 Å². The summed E-state index contributed by atoms with van der Waals surface area (Å²) in [6.45, 7) is 6.98. The number of morpholine rings is 1. The molecule has 2 aliphatic heterocycles. The minimum absolute atomic E-state index is 0.0318. The number of fused-ring (bicyclic) bond motifs is 1. The van der Waals surface area contributed by atoms with Gasteiger partial charge in [0.15, 0.2) is 0 Å². The summed E-state index contributed by atoms with van der Waals surface area (Å²) in [6, 6.07) is 6.87. The fourth-order valence-corrected chi connectivity index (χ4v) is 5.15. The van der Waals surface area contributed by atoms with Gasteiger partial charge in [-0.15, -0.1) is 0 Å². The topological polar surface area (TPSA) is 87.6 Å². The van der Waals surface area contributed by atoms with Crippen LogP contribution >= 0.6 is 0 Å². The van der Waals surface area contributed by atoms with Crippen LogP contribution in [-0.4, -0.2) is 66.8 Å². The van der Waals surface area contributed by atoms with Crippen LogP contribution in [0.5, 0.6) is 0 Å². The van der Waals surface area contributed by atoms with Crippen LogP contribution in [0, 0.1) is 6.92 Å². The Bertz CT molecular complexity index is 988. The van der Waals surface area contributed by atoms with Gasteiger partial charge in [0.2, 0.25) is 10.0 Å². The van der Waals surface area contributed by atoms with E-state index < -0.39 is 10.0 Å². The number of nitrogens with one attached hydrogen (secondary N) is 1. The fourth-order valence-electron chi connectivity index (χ4n) is 3.74. The molecule has 0 aliphatic carbocycles. The molecular weight excluding hydrogens is 380 g/mol. The third kappa shape index (κ3) is 3.80. The minimum atomic E-state index is -3.57. The van der Waals surface area contributed by atoms with Crippen molar-refractivity contribution in [2.24, 2.45) is 0 Å². The Morgan fingerprint density at radius 2 is 1.79 bits per heavy atom. The van der Waals surface area contributed by atoms with Crippen LogP contribution in [0.2, 0.25) is 0 Å². The first kappa shape index (κ1) is 19.4. The first-order valence-corrected chi connectivity index (χ1v) is 11.1. The summed E-state index contributed by atoms with van der Waals surface area (Å²) in [5, 5.41) is 3.14. The van der Waals surface area contributed by atoms with E-state index in [1.54, 1.807) is 28.9 Å². The van der Waals surface area contributed by atoms with Crippen LogP contribution in [0.25, 0.3) is 0 Å². The number of rotatable bonds is 5. The third-order valence-electron chi connectivity index (χ3n) is 5.49. The Hall–Kier alpha value is -1.94. The van der Waals surface area contributed by atoms with Crippen molar-refractivity contribution in [1.82, 2.24) is 19.0 Å². The second-order valence-corrected chi connectivity index (χ2v) is 9.32. The smallest absolute Gasteiger partial charge is 0.270 e. The molecule has 9 heteroatoms. The monoisotopic (exact) mass is 406 g/mol. The Balaban J connectivity index is 1.49. The van der Waals surface area contributed by atoms with Crippen molar-refractivity contribution in [3.05, 3.63) is 51.4 Å². The van der Waals surface area contributed by atoms with Gasteiger partial charge < -0.3 is 4.74 Å². The second-order valence-electron chi connectivity index (χ2n) is 7.38. The number of aryl methyl sites for hydroxylation is 1. The molecule has 1 aromatic heterocycles. The molecule has 28 heavy (non-hydrogen) atoms. The number of sulfonamides is 1. The van der Waals surface area contributed by atoms with Crippen molar-refractivity contribution >= 4 is 10.0 Å². The van der Waals surface area contributed by atoms with Crippen LogP contribution in [-0.2, 0) is 34.3 Å². The average Bonchev–Trinajstić information content (AvgIpc) is 3.03. The van der Waals surface area contributed by atoms with Crippen molar-refractivity contribution in [2.45, 2.75) is 31.3 Å². The molecule has 2 aliphatic rings. The van der Waals surface area contributed by atoms with Gasteiger partial charge >= 0.3 is 0 Å². The molecule has 2 aromatic rings. The van der Waals surface area contributed by atoms with Gasteiger partial charge in [-0.2, -0.15) is 4.31 Å². The summed E-state index contributed by atoms with van der Waals surface area (Å²) in [4.78, 5) is 15.2. The number of ether oxygens (including phenoxy) is 1. The lowest BCUT2D eigenvalue weighted by Gasteiger charge is -2.26. The molecule has 1 saturated heterocycles. The minimum Gasteiger partial charge on any atom is -0.379 e. The molecule has 0 amide bonds. The van der Waals surface area contributed by atoms with Crippen LogP contribution in [0.15, 0.2) is 34.0 Å². The number of hydrogen-bond acceptors (Lipinski definition) is 5. The Kier molecular flexibility index (Phi) is 5.42. The maximum Gasteiger partial charge on any atom is 0.270 e. The largest absolute Gasteiger partial charge is 0.379 e. The second kappa shape index (κ2) is 7.82. The van der Waals surface area contributed by atoms with Gasteiger partial charge in [0.1, 0.15) is 0 Å². The molecule has 1 fully saturated rings. The first-order chi connectivity index (χ1) is 13.4. The maximum atomic E-state index is 12.9. The average molecular weight is 407 g/mol. The van der Waals surface area contributed by atoms with Crippen molar-refractivity contribution < 1.29 is 13.2 Å². The highest BCUT2D eigenvalue weighted by Gasteiger charge is 2.31. The number of benzene rings is 1. The summed E-state index contributed by atoms with van der Waals surface area (Å²) in [7, 11) is -3.57. The highest BCUT2D eigenvalue weighted by atomic mass is 32.2. The van der Waals surface area contributed by atoms with E-state index in [-0.39, 0.29) is 17.0 Å². The molecule has 0 saturated carbocycles. The summed E-state index contributed by atoms with van der Waals surface area (Å²) in [5.74, 6) is 0. The highest BCUT2D eigenvalue weighted by molar-refractivity contribution is 7.89. The molecule has 0 radical (unpaired) electrons. The number of aromatic nitrogens is 2. The molecule has 1 aromatic carbocycles. The first-order valence-electron chi connectivity index (χ1n) is 9.62. The zero-order valence-electron chi connectivity index (χ0n) is 16.1. The molecule has 0 bridgehead atoms. The summed E-state index contributed by atoms with van der Waals surface area (Å²) >= 11 is 0. The molecule has 4 rings (SSSR count). The summed E-state index contributed by atoms with van der Waals surface area (Å²) in [5.41, 5.74) is 2.39. The molecule has 0 spiro atoms. The SMILES string of the molecule is Cc1ccc(S(=O)(=O)N2CCc3c([nH]n(CCN4CCOCC4)c3=O)C2)cc1. The van der Waals surface area contributed by atoms with Gasteiger partial charge in [-0.25, -0.2) is 8.42 Å². The van der Waals surface area contributed by atoms with Crippen molar-refractivity contribution in [3.8, 4) is 0 Å². The normalized spacial score (nSPS) is 18.9. The van der Waals surface area contributed by atoms with Crippen LogP contribution in [0.3, 0.4) is 0 Å². The van der Waals surface area contributed by atoms with Gasteiger partial charge in [-0.05, 0) is 25.5 Å². The van der Waals surface area contributed by atoms with Crippen molar-refractivity contribution in [3.63, 3.8) is 0 Å². The Morgan fingerprint density at radius 3 is 2.50 bits per heavy atom. The number of H-pyrrole nitrogens is 1. The van der Waals surface area contributed by atoms with Gasteiger partial charge in [0, 0.05) is 31.7 Å². The zero-order chi connectivity index (χ0) is 19.7. The molecule has 152 valence electrons. The third-order valence-corrected chi connectivity index (χ3v) is 7.34. The van der Waals surface area contributed by atoms with E-state index in [1.165, 1.54) is 4.31 Å². The predicted molar refractivity (Wildman–Crippen MR) is 105 cm³/mol. The highest BCUT2D eigenvalue weighted by Crippen LogP contribution is 2.23. The van der Waals surface area contributed by atoms with Crippen LogP contribution in [0.1, 0.15) is 16.8 Å². The Labute approximate surface area is 164 Å². The van der Waals surface area contributed by atoms with E-state index in [1.807, 2.05) is 6.92 Å². The standard InChI is InChI=1S/C19H26N4O4S/c1-15-2-4-16(5-3-15)28(25,26)22-7-6-17-18(14-22)20-23(19(17)24)9-8-21-10-12-27-13-11-21/h2-5,20H,6-14H2,1H3. The van der Waals surface area contributed by atoms with E-state index in [2.05, 4.69) is 10.00 Å². The summed E-state index contributed by atoms with van der Waals surface area (Å²) in [6.07, 6.45) is 0.431.